The first-order valence-corrected chi connectivity index (χ1v) is 10.2. The number of guanidine groups is 1. The fourth-order valence-electron chi connectivity index (χ4n) is 2.59. The molecule has 0 bridgehead atoms. The number of benzene rings is 1. The molecule has 0 aliphatic carbocycles. The van der Waals surface area contributed by atoms with E-state index in [2.05, 4.69) is 32.8 Å². The summed E-state index contributed by atoms with van der Waals surface area (Å²) in [6, 6.07) is 7.63. The fourth-order valence-corrected chi connectivity index (χ4v) is 3.19. The minimum absolute atomic E-state index is 0. The molecule has 0 aliphatic rings. The zero-order chi connectivity index (χ0) is 19.6. The van der Waals surface area contributed by atoms with Crippen molar-refractivity contribution in [2.24, 2.45) is 4.99 Å². The van der Waals surface area contributed by atoms with Gasteiger partial charge in [0.1, 0.15) is 0 Å². The van der Waals surface area contributed by atoms with E-state index in [9.17, 15) is 4.79 Å². The third kappa shape index (κ3) is 7.75. The van der Waals surface area contributed by atoms with Crippen LogP contribution in [-0.2, 0) is 13.1 Å². The van der Waals surface area contributed by atoms with Crippen molar-refractivity contribution in [3.63, 3.8) is 0 Å². The lowest BCUT2D eigenvalue weighted by atomic mass is 10.1. The fraction of sp³-hybridized carbons (Fsp3) is 0.450. The number of carbonyl (C=O) groups is 1. The number of aliphatic imine (C=N–C) groups is 1. The molecule has 0 spiro atoms. The van der Waals surface area contributed by atoms with Gasteiger partial charge in [-0.05, 0) is 38.0 Å². The highest BCUT2D eigenvalue weighted by Crippen LogP contribution is 2.11. The van der Waals surface area contributed by atoms with E-state index in [0.29, 0.717) is 25.2 Å². The van der Waals surface area contributed by atoms with Gasteiger partial charge in [-0.1, -0.05) is 19.1 Å². The van der Waals surface area contributed by atoms with Gasteiger partial charge < -0.3 is 15.5 Å². The van der Waals surface area contributed by atoms with Crippen molar-refractivity contribution < 1.29 is 4.79 Å². The molecule has 0 unspecified atom stereocenters. The van der Waals surface area contributed by atoms with Crippen molar-refractivity contribution in [3.05, 3.63) is 51.5 Å². The van der Waals surface area contributed by atoms with Crippen molar-refractivity contribution in [3.8, 4) is 0 Å². The van der Waals surface area contributed by atoms with E-state index in [0.717, 1.165) is 35.2 Å². The summed E-state index contributed by atoms with van der Waals surface area (Å²) in [4.78, 5) is 23.4. The second-order valence-electron chi connectivity index (χ2n) is 6.34. The minimum atomic E-state index is -0.0365. The largest absolute Gasteiger partial charge is 0.357 e. The van der Waals surface area contributed by atoms with Gasteiger partial charge in [0, 0.05) is 31.1 Å². The quantitative estimate of drug-likeness (QED) is 0.319. The Bertz CT molecular complexity index is 777. The number of aromatic nitrogens is 1. The van der Waals surface area contributed by atoms with E-state index in [4.69, 9.17) is 4.99 Å². The topological polar surface area (TPSA) is 69.6 Å². The van der Waals surface area contributed by atoms with Crippen LogP contribution < -0.4 is 10.6 Å². The second kappa shape index (κ2) is 12.7. The van der Waals surface area contributed by atoms with Crippen LogP contribution in [0.1, 0.15) is 46.9 Å². The Morgan fingerprint density at radius 1 is 1.29 bits per heavy atom. The molecule has 1 amide bonds. The number of nitrogens with one attached hydrogen (secondary N) is 2. The third-order valence-electron chi connectivity index (χ3n) is 3.90. The molecule has 0 radical (unpaired) electrons. The van der Waals surface area contributed by atoms with Crippen molar-refractivity contribution in [1.29, 1.82) is 0 Å². The van der Waals surface area contributed by atoms with Gasteiger partial charge >= 0.3 is 0 Å². The van der Waals surface area contributed by atoms with E-state index < -0.39 is 0 Å². The summed E-state index contributed by atoms with van der Waals surface area (Å²) in [5.41, 5.74) is 2.72. The van der Waals surface area contributed by atoms with Gasteiger partial charge in [-0.2, -0.15) is 0 Å². The summed E-state index contributed by atoms with van der Waals surface area (Å²) in [7, 11) is 2.00. The van der Waals surface area contributed by atoms with Crippen molar-refractivity contribution >= 4 is 47.2 Å². The maximum absolute atomic E-state index is 12.1. The molecule has 0 aliphatic heterocycles. The lowest BCUT2D eigenvalue weighted by Gasteiger charge is -2.21. The lowest BCUT2D eigenvalue weighted by molar-refractivity contribution is 0.0953. The smallest absolute Gasteiger partial charge is 0.251 e. The number of aryl methyl sites for hydroxylation is 1. The Morgan fingerprint density at radius 2 is 2.07 bits per heavy atom. The number of amides is 1. The number of rotatable bonds is 8. The van der Waals surface area contributed by atoms with Gasteiger partial charge in [0.2, 0.25) is 0 Å². The van der Waals surface area contributed by atoms with E-state index in [-0.39, 0.29) is 29.9 Å². The highest BCUT2D eigenvalue weighted by Gasteiger charge is 2.09. The predicted molar refractivity (Wildman–Crippen MR) is 128 cm³/mol. The van der Waals surface area contributed by atoms with Gasteiger partial charge in [-0.3, -0.25) is 4.79 Å². The Hall–Kier alpha value is -1.68. The maximum Gasteiger partial charge on any atom is 0.251 e. The molecule has 0 saturated carbocycles. The number of hydrogen-bond donors (Lipinski definition) is 2. The van der Waals surface area contributed by atoms with Crippen LogP contribution in [0.3, 0.4) is 0 Å². The highest BCUT2D eigenvalue weighted by atomic mass is 127. The monoisotopic (exact) mass is 515 g/mol. The second-order valence-corrected chi connectivity index (χ2v) is 7.40. The standard InChI is InChI=1S/C20H29N5OS.HI/c1-5-10-22-19(26)17-9-7-8-16(11-17)12-23-20(21-6-2)25(4)13-18-14-27-15(3)24-18;/h7-9,11,14H,5-6,10,12-13H2,1-4H3,(H,21,23)(H,22,26);1H. The summed E-state index contributed by atoms with van der Waals surface area (Å²) < 4.78 is 0. The van der Waals surface area contributed by atoms with Crippen molar-refractivity contribution in [1.82, 2.24) is 20.5 Å². The number of hydrogen-bond acceptors (Lipinski definition) is 4. The normalized spacial score (nSPS) is 10.9. The molecule has 6 nitrogen and oxygen atoms in total. The van der Waals surface area contributed by atoms with E-state index in [1.807, 2.05) is 45.2 Å². The van der Waals surface area contributed by atoms with Gasteiger partial charge in [0.05, 0.1) is 23.8 Å². The summed E-state index contributed by atoms with van der Waals surface area (Å²) in [5.74, 6) is 0.787. The zero-order valence-corrected chi connectivity index (χ0v) is 20.1. The van der Waals surface area contributed by atoms with Crippen LogP contribution in [0.5, 0.6) is 0 Å². The van der Waals surface area contributed by atoms with Crippen LogP contribution in [0.4, 0.5) is 0 Å². The highest BCUT2D eigenvalue weighted by molar-refractivity contribution is 14.0. The van der Waals surface area contributed by atoms with Crippen LogP contribution >= 0.6 is 35.3 Å². The molecule has 2 N–H and O–H groups in total. The molecule has 0 saturated heterocycles. The average molecular weight is 515 g/mol. The first-order valence-electron chi connectivity index (χ1n) is 9.31. The van der Waals surface area contributed by atoms with Crippen molar-refractivity contribution in [2.45, 2.75) is 40.3 Å². The molecule has 0 atom stereocenters. The Morgan fingerprint density at radius 3 is 2.71 bits per heavy atom. The van der Waals surface area contributed by atoms with E-state index >= 15 is 0 Å². The summed E-state index contributed by atoms with van der Waals surface area (Å²) in [5, 5.41) is 9.37. The van der Waals surface area contributed by atoms with E-state index in [1.165, 1.54) is 0 Å². The molecule has 1 aromatic carbocycles. The first kappa shape index (κ1) is 24.4. The Kier molecular flexibility index (Phi) is 11.1. The molecular formula is C20H30IN5OS. The molecule has 2 aromatic rings. The first-order chi connectivity index (χ1) is 13.0. The zero-order valence-electron chi connectivity index (χ0n) is 17.0. The SMILES string of the molecule is CCCNC(=O)c1cccc(CN=C(NCC)N(C)Cc2csc(C)n2)c1.I. The number of thiazole rings is 1. The van der Waals surface area contributed by atoms with Crippen LogP contribution in [0.15, 0.2) is 34.6 Å². The number of halogens is 1. The van der Waals surface area contributed by atoms with Crippen molar-refractivity contribution in [2.75, 3.05) is 20.1 Å². The molecule has 8 heteroatoms. The summed E-state index contributed by atoms with van der Waals surface area (Å²) in [6.45, 7) is 8.79. The summed E-state index contributed by atoms with van der Waals surface area (Å²) in [6.07, 6.45) is 0.923. The Balaban J connectivity index is 0.00000392. The lowest BCUT2D eigenvalue weighted by Crippen LogP contribution is -2.38. The predicted octanol–water partition coefficient (Wildman–Crippen LogP) is 3.81. The van der Waals surface area contributed by atoms with Gasteiger partial charge in [0.25, 0.3) is 5.91 Å². The molecule has 1 aromatic heterocycles. The van der Waals surface area contributed by atoms with E-state index in [1.54, 1.807) is 11.3 Å². The summed E-state index contributed by atoms with van der Waals surface area (Å²) >= 11 is 1.66. The molecular weight excluding hydrogens is 485 g/mol. The van der Waals surface area contributed by atoms with Crippen LogP contribution in [0, 0.1) is 6.92 Å². The molecule has 28 heavy (non-hydrogen) atoms. The Labute approximate surface area is 188 Å². The number of carbonyl (C=O) groups excluding carboxylic acids is 1. The van der Waals surface area contributed by atoms with Crippen LogP contribution in [0.2, 0.25) is 0 Å². The minimum Gasteiger partial charge on any atom is -0.357 e. The van der Waals surface area contributed by atoms with Crippen LogP contribution in [0.25, 0.3) is 0 Å². The maximum atomic E-state index is 12.1. The molecule has 1 heterocycles. The molecule has 154 valence electrons. The van der Waals surface area contributed by atoms with Crippen LogP contribution in [-0.4, -0.2) is 41.9 Å². The van der Waals surface area contributed by atoms with Gasteiger partial charge in [-0.15, -0.1) is 35.3 Å². The van der Waals surface area contributed by atoms with Gasteiger partial charge in [0.15, 0.2) is 5.96 Å². The van der Waals surface area contributed by atoms with Gasteiger partial charge in [-0.25, -0.2) is 9.98 Å². The third-order valence-corrected chi connectivity index (χ3v) is 4.72. The average Bonchev–Trinajstić information content (AvgIpc) is 3.07. The molecule has 2 rings (SSSR count). The molecule has 0 fully saturated rings. The number of nitrogens with zero attached hydrogens (tertiary/aromatic N) is 3.